The van der Waals surface area contributed by atoms with E-state index in [1.54, 1.807) is 29.9 Å². The SMILES string of the molecule is COCCN1CN(C(=O)c2ccc3c(c2)CCN3C(C)=O)CC1=O. The number of rotatable bonds is 4. The minimum Gasteiger partial charge on any atom is -0.383 e. The fourth-order valence-corrected chi connectivity index (χ4v) is 3.18. The van der Waals surface area contributed by atoms with Crippen molar-refractivity contribution in [1.82, 2.24) is 9.80 Å². The Morgan fingerprint density at radius 2 is 2.08 bits per heavy atom. The van der Waals surface area contributed by atoms with Crippen LogP contribution >= 0.6 is 0 Å². The lowest BCUT2D eigenvalue weighted by Gasteiger charge is -2.18. The van der Waals surface area contributed by atoms with Crippen molar-refractivity contribution in [2.24, 2.45) is 0 Å². The van der Waals surface area contributed by atoms with Gasteiger partial charge in [-0.1, -0.05) is 0 Å². The van der Waals surface area contributed by atoms with Crippen molar-refractivity contribution in [3.05, 3.63) is 29.3 Å². The minimum atomic E-state index is -0.160. The van der Waals surface area contributed by atoms with Crippen molar-refractivity contribution >= 4 is 23.4 Å². The highest BCUT2D eigenvalue weighted by Crippen LogP contribution is 2.29. The van der Waals surface area contributed by atoms with E-state index in [-0.39, 0.29) is 30.9 Å². The van der Waals surface area contributed by atoms with Gasteiger partial charge in [0.15, 0.2) is 0 Å². The molecule has 0 saturated carbocycles. The van der Waals surface area contributed by atoms with Gasteiger partial charge in [-0.05, 0) is 30.2 Å². The first kappa shape index (κ1) is 16.4. The van der Waals surface area contributed by atoms with Gasteiger partial charge in [-0.2, -0.15) is 0 Å². The molecule has 0 spiro atoms. The normalized spacial score (nSPS) is 16.8. The molecule has 0 radical (unpaired) electrons. The second kappa shape index (κ2) is 6.60. The Morgan fingerprint density at radius 3 is 2.79 bits per heavy atom. The third-order valence-electron chi connectivity index (χ3n) is 4.47. The quantitative estimate of drug-likeness (QED) is 0.805. The highest BCUT2D eigenvalue weighted by Gasteiger charge is 2.32. The third kappa shape index (κ3) is 2.99. The summed E-state index contributed by atoms with van der Waals surface area (Å²) in [6, 6.07) is 5.38. The number of hydrogen-bond acceptors (Lipinski definition) is 4. The molecule has 2 heterocycles. The van der Waals surface area contributed by atoms with Gasteiger partial charge in [0.2, 0.25) is 11.8 Å². The number of methoxy groups -OCH3 is 1. The van der Waals surface area contributed by atoms with Gasteiger partial charge in [-0.3, -0.25) is 14.4 Å². The summed E-state index contributed by atoms with van der Waals surface area (Å²) >= 11 is 0. The van der Waals surface area contributed by atoms with Crippen LogP contribution in [-0.4, -0.2) is 67.5 Å². The predicted octanol–water partition coefficient (Wildman–Crippen LogP) is 0.484. The molecule has 1 aromatic rings. The molecule has 3 rings (SSSR count). The van der Waals surface area contributed by atoms with Crippen LogP contribution in [-0.2, 0) is 20.7 Å². The van der Waals surface area contributed by atoms with E-state index in [2.05, 4.69) is 0 Å². The molecule has 0 atom stereocenters. The summed E-state index contributed by atoms with van der Waals surface area (Å²) in [6.45, 7) is 3.51. The van der Waals surface area contributed by atoms with Crippen LogP contribution in [0.1, 0.15) is 22.8 Å². The number of carbonyl (C=O) groups excluding carboxylic acids is 3. The lowest BCUT2D eigenvalue weighted by molar-refractivity contribution is -0.127. The first-order valence-electron chi connectivity index (χ1n) is 7.98. The summed E-state index contributed by atoms with van der Waals surface area (Å²) in [5, 5.41) is 0. The maximum Gasteiger partial charge on any atom is 0.255 e. The van der Waals surface area contributed by atoms with Crippen molar-refractivity contribution in [2.45, 2.75) is 13.3 Å². The van der Waals surface area contributed by atoms with Crippen LogP contribution in [0.3, 0.4) is 0 Å². The molecule has 0 aliphatic carbocycles. The zero-order valence-corrected chi connectivity index (χ0v) is 13.9. The number of amides is 3. The Bertz CT molecular complexity index is 688. The van der Waals surface area contributed by atoms with E-state index < -0.39 is 0 Å². The van der Waals surface area contributed by atoms with Crippen LogP contribution in [0.2, 0.25) is 0 Å². The number of hydrogen-bond donors (Lipinski definition) is 0. The smallest absolute Gasteiger partial charge is 0.255 e. The number of nitrogens with zero attached hydrogens (tertiary/aromatic N) is 3. The molecule has 7 nitrogen and oxygen atoms in total. The molecule has 7 heteroatoms. The fraction of sp³-hybridized carbons (Fsp3) is 0.471. The van der Waals surface area contributed by atoms with Crippen molar-refractivity contribution in [2.75, 3.05) is 44.9 Å². The molecule has 24 heavy (non-hydrogen) atoms. The maximum absolute atomic E-state index is 12.7. The summed E-state index contributed by atoms with van der Waals surface area (Å²) in [6.07, 6.45) is 0.745. The number of fused-ring (bicyclic) bond motifs is 1. The topological polar surface area (TPSA) is 70.2 Å². The lowest BCUT2D eigenvalue weighted by Crippen LogP contribution is -2.32. The minimum absolute atomic E-state index is 0.00625. The maximum atomic E-state index is 12.7. The molecule has 2 aliphatic rings. The van der Waals surface area contributed by atoms with Crippen LogP contribution in [0.5, 0.6) is 0 Å². The number of benzene rings is 1. The van der Waals surface area contributed by atoms with Crippen LogP contribution in [0.4, 0.5) is 5.69 Å². The van der Waals surface area contributed by atoms with Crippen molar-refractivity contribution in [3.63, 3.8) is 0 Å². The lowest BCUT2D eigenvalue weighted by atomic mass is 10.1. The van der Waals surface area contributed by atoms with E-state index in [4.69, 9.17) is 4.74 Å². The molecular formula is C17H21N3O4. The second-order valence-electron chi connectivity index (χ2n) is 6.06. The molecule has 0 aromatic heterocycles. The van der Waals surface area contributed by atoms with Gasteiger partial charge in [-0.25, -0.2) is 0 Å². The monoisotopic (exact) mass is 331 g/mol. The van der Waals surface area contributed by atoms with Crippen LogP contribution in [0.25, 0.3) is 0 Å². The largest absolute Gasteiger partial charge is 0.383 e. The molecule has 0 bridgehead atoms. The fourth-order valence-electron chi connectivity index (χ4n) is 3.18. The third-order valence-corrected chi connectivity index (χ3v) is 4.47. The van der Waals surface area contributed by atoms with Gasteiger partial charge in [0, 0.05) is 38.4 Å². The predicted molar refractivity (Wildman–Crippen MR) is 87.7 cm³/mol. The Labute approximate surface area is 140 Å². The Kier molecular flexibility index (Phi) is 4.53. The highest BCUT2D eigenvalue weighted by molar-refractivity contribution is 6.00. The van der Waals surface area contributed by atoms with E-state index in [0.717, 1.165) is 17.7 Å². The van der Waals surface area contributed by atoms with Gasteiger partial charge >= 0.3 is 0 Å². The van der Waals surface area contributed by atoms with Crippen LogP contribution < -0.4 is 4.90 Å². The summed E-state index contributed by atoms with van der Waals surface area (Å²) in [4.78, 5) is 41.1. The molecular weight excluding hydrogens is 310 g/mol. The summed E-state index contributed by atoms with van der Waals surface area (Å²) in [5.41, 5.74) is 2.43. The van der Waals surface area contributed by atoms with E-state index in [1.165, 1.54) is 4.90 Å². The molecule has 1 saturated heterocycles. The summed E-state index contributed by atoms with van der Waals surface area (Å²) < 4.78 is 4.98. The zero-order chi connectivity index (χ0) is 17.3. The van der Waals surface area contributed by atoms with Gasteiger partial charge in [0.1, 0.15) is 6.54 Å². The Hall–Kier alpha value is -2.41. The van der Waals surface area contributed by atoms with Crippen molar-refractivity contribution in [3.8, 4) is 0 Å². The van der Waals surface area contributed by atoms with Gasteiger partial charge in [0.05, 0.1) is 13.3 Å². The van der Waals surface area contributed by atoms with Crippen LogP contribution in [0, 0.1) is 0 Å². The van der Waals surface area contributed by atoms with Crippen molar-refractivity contribution < 1.29 is 19.1 Å². The Morgan fingerprint density at radius 1 is 1.29 bits per heavy atom. The van der Waals surface area contributed by atoms with E-state index in [1.807, 2.05) is 12.1 Å². The van der Waals surface area contributed by atoms with E-state index >= 15 is 0 Å². The van der Waals surface area contributed by atoms with Gasteiger partial charge < -0.3 is 19.4 Å². The molecule has 1 fully saturated rings. The molecule has 3 amide bonds. The first-order chi connectivity index (χ1) is 11.5. The van der Waals surface area contributed by atoms with Gasteiger partial charge in [-0.15, -0.1) is 0 Å². The average Bonchev–Trinajstić information content (AvgIpc) is 3.15. The molecule has 0 N–H and O–H groups in total. The number of carbonyl (C=O) groups is 3. The standard InChI is InChI=1S/C17H21N3O4/c1-12(21)20-6-5-13-9-14(3-4-15(13)20)17(23)19-10-16(22)18(11-19)7-8-24-2/h3-4,9H,5-8,10-11H2,1-2H3. The van der Waals surface area contributed by atoms with Crippen molar-refractivity contribution in [1.29, 1.82) is 0 Å². The average molecular weight is 331 g/mol. The number of anilines is 1. The molecule has 0 unspecified atom stereocenters. The molecule has 2 aliphatic heterocycles. The first-order valence-corrected chi connectivity index (χ1v) is 7.98. The molecule has 1 aromatic carbocycles. The zero-order valence-electron chi connectivity index (χ0n) is 13.9. The molecule has 128 valence electrons. The summed E-state index contributed by atoms with van der Waals surface area (Å²) in [5.74, 6) is -0.219. The van der Waals surface area contributed by atoms with E-state index in [0.29, 0.717) is 25.3 Å². The second-order valence-corrected chi connectivity index (χ2v) is 6.06. The Balaban J connectivity index is 1.73. The van der Waals surface area contributed by atoms with Crippen LogP contribution in [0.15, 0.2) is 18.2 Å². The highest BCUT2D eigenvalue weighted by atomic mass is 16.5. The van der Waals surface area contributed by atoms with Gasteiger partial charge in [0.25, 0.3) is 5.91 Å². The van der Waals surface area contributed by atoms with E-state index in [9.17, 15) is 14.4 Å². The summed E-state index contributed by atoms with van der Waals surface area (Å²) in [7, 11) is 1.58. The number of ether oxygens (including phenoxy) is 1.